The van der Waals surface area contributed by atoms with Crippen molar-refractivity contribution in [3.63, 3.8) is 0 Å². The molecule has 1 fully saturated rings. The normalized spacial score (nSPS) is 15.3. The summed E-state index contributed by atoms with van der Waals surface area (Å²) in [6.07, 6.45) is -1.37. The molecular formula is C28H31ClF3N9O4S. The number of nitrogens with zero attached hydrogens (tertiary/aromatic N) is 7. The highest BCUT2D eigenvalue weighted by Crippen LogP contribution is 2.31. The van der Waals surface area contributed by atoms with Crippen LogP contribution < -0.4 is 20.5 Å². The van der Waals surface area contributed by atoms with Crippen molar-refractivity contribution in [3.05, 3.63) is 68.7 Å². The average Bonchev–Trinajstić information content (AvgIpc) is 3.41. The van der Waals surface area contributed by atoms with Crippen LogP contribution in [-0.2, 0) is 23.6 Å². The van der Waals surface area contributed by atoms with Gasteiger partial charge in [-0.2, -0.15) is 18.3 Å². The maximum Gasteiger partial charge on any atom is 0.408 e. The first-order chi connectivity index (χ1) is 21.5. The Morgan fingerprint density at radius 1 is 1.17 bits per heavy atom. The van der Waals surface area contributed by atoms with E-state index in [9.17, 15) is 31.2 Å². The number of carbonyl (C=O) groups is 1. The van der Waals surface area contributed by atoms with Crippen LogP contribution in [0.1, 0.15) is 59.2 Å². The molecule has 13 nitrogen and oxygen atoms in total. The second kappa shape index (κ2) is 12.5. The first-order valence-corrected chi connectivity index (χ1v) is 16.4. The topological polar surface area (TPSA) is 157 Å². The maximum absolute atomic E-state index is 13.6. The molecule has 4 heterocycles. The molecule has 0 aliphatic carbocycles. The number of fused-ring (bicyclic) bond motifs is 1. The lowest BCUT2D eigenvalue weighted by Crippen LogP contribution is -2.38. The molecule has 2 N–H and O–H groups in total. The molecule has 0 radical (unpaired) electrons. The minimum absolute atomic E-state index is 0.0122. The van der Waals surface area contributed by atoms with Crippen LogP contribution in [0.15, 0.2) is 35.4 Å². The largest absolute Gasteiger partial charge is 0.408 e. The molecule has 5 rings (SSSR count). The van der Waals surface area contributed by atoms with Crippen molar-refractivity contribution in [2.45, 2.75) is 51.4 Å². The highest BCUT2D eigenvalue weighted by Gasteiger charge is 2.31. The number of hydrogen-bond acceptors (Lipinski definition) is 10. The number of amides is 1. The summed E-state index contributed by atoms with van der Waals surface area (Å²) in [5, 5.41) is 7.58. The van der Waals surface area contributed by atoms with Crippen molar-refractivity contribution in [2.75, 3.05) is 29.6 Å². The van der Waals surface area contributed by atoms with Gasteiger partial charge < -0.3 is 10.2 Å². The SMILES string of the molecule is Cc1cc([C@@H](C)Nc2ccc(Cl)nc2C(=O)NS(C)(=O)=O)c2nc(N3CCC(c4ncn(CC(F)(F)F)n4)CC3)n(C)c(=O)c2c1. The first kappa shape index (κ1) is 33.1. The van der Waals surface area contributed by atoms with E-state index in [4.69, 9.17) is 16.6 Å². The van der Waals surface area contributed by atoms with Crippen LogP contribution in [0.3, 0.4) is 0 Å². The van der Waals surface area contributed by atoms with Gasteiger partial charge in [0.2, 0.25) is 16.0 Å². The molecule has 0 spiro atoms. The van der Waals surface area contributed by atoms with Crippen LogP contribution in [0.5, 0.6) is 0 Å². The molecule has 46 heavy (non-hydrogen) atoms. The van der Waals surface area contributed by atoms with Gasteiger partial charge >= 0.3 is 6.18 Å². The van der Waals surface area contributed by atoms with Gasteiger partial charge in [-0.1, -0.05) is 17.7 Å². The Hall–Kier alpha value is -4.25. The Morgan fingerprint density at radius 2 is 1.87 bits per heavy atom. The number of alkyl halides is 3. The molecule has 1 aliphatic heterocycles. The van der Waals surface area contributed by atoms with Crippen molar-refractivity contribution in [2.24, 2.45) is 7.05 Å². The number of pyridine rings is 1. The van der Waals surface area contributed by atoms with Crippen LogP contribution in [0, 0.1) is 6.92 Å². The van der Waals surface area contributed by atoms with Gasteiger partial charge in [0.1, 0.15) is 18.0 Å². The number of benzene rings is 1. The number of piperidine rings is 1. The van der Waals surface area contributed by atoms with Crippen LogP contribution >= 0.6 is 11.6 Å². The minimum Gasteiger partial charge on any atom is -0.377 e. The number of carbonyl (C=O) groups excluding carboxylic acids is 1. The van der Waals surface area contributed by atoms with Gasteiger partial charge in [-0.15, -0.1) is 0 Å². The monoisotopic (exact) mass is 681 g/mol. The van der Waals surface area contributed by atoms with E-state index in [2.05, 4.69) is 20.4 Å². The Morgan fingerprint density at radius 3 is 2.52 bits per heavy atom. The summed E-state index contributed by atoms with van der Waals surface area (Å²) >= 11 is 6.01. The summed E-state index contributed by atoms with van der Waals surface area (Å²) in [7, 11) is -2.25. The lowest BCUT2D eigenvalue weighted by atomic mass is 9.96. The Bertz CT molecular complexity index is 1970. The van der Waals surface area contributed by atoms with E-state index in [0.717, 1.165) is 22.8 Å². The van der Waals surface area contributed by atoms with E-state index in [-0.39, 0.29) is 28.0 Å². The molecule has 18 heteroatoms. The number of anilines is 2. The fourth-order valence-electron chi connectivity index (χ4n) is 5.50. The van der Waals surface area contributed by atoms with Crippen LogP contribution in [0.2, 0.25) is 5.15 Å². The zero-order chi connectivity index (χ0) is 33.6. The van der Waals surface area contributed by atoms with Gasteiger partial charge in [-0.05, 0) is 50.5 Å². The summed E-state index contributed by atoms with van der Waals surface area (Å²) in [5.41, 5.74) is 1.59. The van der Waals surface area contributed by atoms with E-state index in [1.165, 1.54) is 16.7 Å². The van der Waals surface area contributed by atoms with Crippen LogP contribution in [-0.4, -0.2) is 69.1 Å². The lowest BCUT2D eigenvalue weighted by molar-refractivity contribution is -0.142. The summed E-state index contributed by atoms with van der Waals surface area (Å²) in [4.78, 5) is 41.3. The average molecular weight is 682 g/mol. The second-order valence-electron chi connectivity index (χ2n) is 11.3. The Kier molecular flexibility index (Phi) is 9.01. The number of aryl methyl sites for hydroxylation is 1. The summed E-state index contributed by atoms with van der Waals surface area (Å²) < 4.78 is 65.8. The maximum atomic E-state index is 13.6. The van der Waals surface area contributed by atoms with Gasteiger partial charge in [0.25, 0.3) is 11.5 Å². The molecule has 1 atom stereocenters. The summed E-state index contributed by atoms with van der Waals surface area (Å²) in [6, 6.07) is 6.03. The van der Waals surface area contributed by atoms with Crippen molar-refractivity contribution in [3.8, 4) is 0 Å². The van der Waals surface area contributed by atoms with Gasteiger partial charge in [-0.25, -0.2) is 32.8 Å². The molecule has 4 aromatic rings. The smallest absolute Gasteiger partial charge is 0.377 e. The van der Waals surface area contributed by atoms with E-state index in [0.29, 0.717) is 54.2 Å². The molecule has 1 amide bonds. The van der Waals surface area contributed by atoms with E-state index >= 15 is 0 Å². The summed E-state index contributed by atoms with van der Waals surface area (Å²) in [6.45, 7) is 3.37. The highest BCUT2D eigenvalue weighted by molar-refractivity contribution is 7.89. The highest BCUT2D eigenvalue weighted by atomic mass is 35.5. The number of halogens is 4. The summed E-state index contributed by atoms with van der Waals surface area (Å²) in [5.74, 6) is -0.338. The predicted molar refractivity (Wildman–Crippen MR) is 166 cm³/mol. The Labute approximate surface area is 266 Å². The molecular weight excluding hydrogens is 651 g/mol. The van der Waals surface area contributed by atoms with Crippen LogP contribution in [0.25, 0.3) is 10.9 Å². The lowest BCUT2D eigenvalue weighted by Gasteiger charge is -2.32. The molecule has 0 saturated carbocycles. The van der Waals surface area contributed by atoms with E-state index < -0.39 is 34.7 Å². The number of aromatic nitrogens is 6. The van der Waals surface area contributed by atoms with Crippen molar-refractivity contribution in [1.29, 1.82) is 0 Å². The van der Waals surface area contributed by atoms with Crippen molar-refractivity contribution in [1.82, 2.24) is 34.0 Å². The molecule has 1 aromatic carbocycles. The first-order valence-electron chi connectivity index (χ1n) is 14.2. The fraction of sp³-hybridized carbons (Fsp3) is 0.429. The zero-order valence-electron chi connectivity index (χ0n) is 25.3. The third-order valence-electron chi connectivity index (χ3n) is 7.56. The van der Waals surface area contributed by atoms with Crippen LogP contribution in [0.4, 0.5) is 24.8 Å². The van der Waals surface area contributed by atoms with Crippen molar-refractivity contribution < 1.29 is 26.4 Å². The molecule has 1 saturated heterocycles. The van der Waals surface area contributed by atoms with E-state index in [1.807, 2.05) is 22.6 Å². The number of hydrogen-bond donors (Lipinski definition) is 2. The molecule has 0 unspecified atom stereocenters. The Balaban J connectivity index is 1.43. The molecule has 246 valence electrons. The van der Waals surface area contributed by atoms with Gasteiger partial charge in [0.15, 0.2) is 11.5 Å². The molecule has 3 aromatic heterocycles. The van der Waals surface area contributed by atoms with Gasteiger partial charge in [0, 0.05) is 31.6 Å². The zero-order valence-corrected chi connectivity index (χ0v) is 26.8. The number of rotatable bonds is 8. The van der Waals surface area contributed by atoms with Gasteiger partial charge in [0.05, 0.1) is 28.9 Å². The third-order valence-corrected chi connectivity index (χ3v) is 8.33. The number of nitrogens with one attached hydrogen (secondary N) is 2. The van der Waals surface area contributed by atoms with Crippen molar-refractivity contribution >= 4 is 50.1 Å². The quantitative estimate of drug-likeness (QED) is 0.263. The predicted octanol–water partition coefficient (Wildman–Crippen LogP) is 3.69. The third kappa shape index (κ3) is 7.41. The van der Waals surface area contributed by atoms with E-state index in [1.54, 1.807) is 20.0 Å². The van der Waals surface area contributed by atoms with Gasteiger partial charge in [-0.3, -0.25) is 14.2 Å². The second-order valence-corrected chi connectivity index (χ2v) is 13.4. The molecule has 1 aliphatic rings. The minimum atomic E-state index is -4.40. The number of sulfonamides is 1. The fourth-order valence-corrected chi connectivity index (χ4v) is 6.08. The standard InChI is InChI=1S/C28H31ClF3N9O4S/c1-15-11-18(16(2)34-20-5-6-21(29)35-23(20)25(42)38-46(4,44)45)22-19(12-15)26(43)39(3)27(36-22)40-9-7-17(8-10-40)24-33-14-41(37-24)13-28(30,31)32/h5-6,11-12,14,16-17,34H,7-10,13H2,1-4H3,(H,38,42)/t16-/m1/s1. The molecule has 0 bridgehead atoms.